The molecule has 12 nitrogen and oxygen atoms in total. The summed E-state index contributed by atoms with van der Waals surface area (Å²) in [6, 6.07) is -0.975. The number of hydrogen-bond donors (Lipinski definition) is 4. The third-order valence-electron chi connectivity index (χ3n) is 8.76. The Morgan fingerprint density at radius 1 is 0.490 bits per heavy atom. The number of ether oxygens (including phenoxy) is 6. The van der Waals surface area contributed by atoms with Gasteiger partial charge in [0.2, 0.25) is 0 Å². The van der Waals surface area contributed by atoms with E-state index >= 15 is 0 Å². The summed E-state index contributed by atoms with van der Waals surface area (Å²) < 4.78 is 34.5. The van der Waals surface area contributed by atoms with Crippen molar-refractivity contribution in [1.29, 1.82) is 0 Å². The highest BCUT2D eigenvalue weighted by atomic mass is 16.9. The average molecular weight is 707 g/mol. The molecule has 4 amide bonds. The number of primary amides is 2. The van der Waals surface area contributed by atoms with Gasteiger partial charge in [-0.05, 0) is 59.3 Å². The molecule has 12 heteroatoms. The molecule has 0 aliphatic carbocycles. The van der Waals surface area contributed by atoms with Crippen LogP contribution < -0.4 is 22.1 Å². The maximum Gasteiger partial charge on any atom is 0.312 e. The molecular formula is C37H78N4O8. The molecule has 0 aliphatic heterocycles. The highest BCUT2D eigenvalue weighted by Crippen LogP contribution is 2.34. The highest BCUT2D eigenvalue weighted by Gasteiger charge is 2.41. The summed E-state index contributed by atoms with van der Waals surface area (Å²) in [6.07, 6.45) is 20.2. The van der Waals surface area contributed by atoms with E-state index in [-0.39, 0.29) is 11.8 Å². The van der Waals surface area contributed by atoms with Crippen LogP contribution in [0.2, 0.25) is 0 Å². The average Bonchev–Trinajstić information content (AvgIpc) is 3.08. The Hall–Kier alpha value is -1.70. The van der Waals surface area contributed by atoms with Crippen LogP contribution in [0.3, 0.4) is 0 Å². The summed E-state index contributed by atoms with van der Waals surface area (Å²) >= 11 is 0. The lowest BCUT2D eigenvalue weighted by molar-refractivity contribution is -0.403. The lowest BCUT2D eigenvalue weighted by Crippen LogP contribution is -2.47. The molecule has 0 fully saturated rings. The molecule has 0 rings (SSSR count). The number of methoxy groups -OCH3 is 3. The lowest BCUT2D eigenvalue weighted by Gasteiger charge is -2.39. The van der Waals surface area contributed by atoms with Gasteiger partial charge in [-0.2, -0.15) is 0 Å². The van der Waals surface area contributed by atoms with Crippen LogP contribution in [-0.2, 0) is 28.4 Å². The Labute approximate surface area is 300 Å². The second-order valence-electron chi connectivity index (χ2n) is 12.5. The van der Waals surface area contributed by atoms with E-state index in [4.69, 9.17) is 39.9 Å². The fraction of sp³-hybridized carbons (Fsp3) is 0.946. The van der Waals surface area contributed by atoms with E-state index in [0.29, 0.717) is 32.9 Å². The first-order valence-electron chi connectivity index (χ1n) is 19.3. The predicted octanol–water partition coefficient (Wildman–Crippen LogP) is 7.96. The smallest absolute Gasteiger partial charge is 0.312 e. The number of nitrogens with one attached hydrogen (secondary N) is 2. The summed E-state index contributed by atoms with van der Waals surface area (Å²) in [5.74, 6) is -1.77. The summed E-state index contributed by atoms with van der Waals surface area (Å²) in [5, 5.41) is 5.27. The molecule has 0 bridgehead atoms. The normalized spacial score (nSPS) is 13.0. The summed E-state index contributed by atoms with van der Waals surface area (Å²) in [6.45, 7) is 13.1. The SMILES string of the molecule is CCCCCCCCC(CCCNC(N)=O)C(OC)(OC)OC.CCCCCCCCC(CCCNC(N)=O)C(OCC)(OCC)OCC. The summed E-state index contributed by atoms with van der Waals surface area (Å²) in [4.78, 5) is 21.6. The van der Waals surface area contributed by atoms with E-state index in [1.165, 1.54) is 64.2 Å². The van der Waals surface area contributed by atoms with E-state index in [0.717, 1.165) is 51.4 Å². The minimum absolute atomic E-state index is 0.114. The molecule has 0 aromatic rings. The largest absolute Gasteiger partial charge is 0.352 e. The van der Waals surface area contributed by atoms with Crippen molar-refractivity contribution in [3.05, 3.63) is 0 Å². The fourth-order valence-corrected chi connectivity index (χ4v) is 6.29. The van der Waals surface area contributed by atoms with Crippen molar-refractivity contribution < 1.29 is 38.0 Å². The quantitative estimate of drug-likeness (QED) is 0.0394. The summed E-state index contributed by atoms with van der Waals surface area (Å²) in [7, 11) is 4.80. The maximum atomic E-state index is 10.9. The molecule has 0 spiro atoms. The van der Waals surface area contributed by atoms with Gasteiger partial charge in [-0.1, -0.05) is 90.9 Å². The summed E-state index contributed by atoms with van der Waals surface area (Å²) in [5.41, 5.74) is 10.2. The first kappa shape index (κ1) is 49.4. The molecule has 0 aromatic carbocycles. The lowest BCUT2D eigenvalue weighted by atomic mass is 9.92. The second kappa shape index (κ2) is 33.4. The van der Waals surface area contributed by atoms with Crippen LogP contribution in [0.15, 0.2) is 0 Å². The van der Waals surface area contributed by atoms with Crippen molar-refractivity contribution in [3.63, 3.8) is 0 Å². The Morgan fingerprint density at radius 2 is 0.796 bits per heavy atom. The van der Waals surface area contributed by atoms with Crippen LogP contribution in [0.1, 0.15) is 150 Å². The van der Waals surface area contributed by atoms with Crippen molar-refractivity contribution in [2.45, 2.75) is 162 Å². The molecule has 2 atom stereocenters. The van der Waals surface area contributed by atoms with E-state index in [2.05, 4.69) is 24.5 Å². The molecule has 0 saturated carbocycles. The van der Waals surface area contributed by atoms with Crippen molar-refractivity contribution >= 4 is 12.1 Å². The molecule has 0 aromatic heterocycles. The van der Waals surface area contributed by atoms with Crippen molar-refractivity contribution in [1.82, 2.24) is 10.6 Å². The molecule has 0 saturated heterocycles. The Bertz CT molecular complexity index is 733. The molecule has 2 unspecified atom stereocenters. The Balaban J connectivity index is 0. The third kappa shape index (κ3) is 24.2. The number of nitrogens with two attached hydrogens (primary N) is 2. The highest BCUT2D eigenvalue weighted by molar-refractivity contribution is 5.71. The van der Waals surface area contributed by atoms with Crippen LogP contribution >= 0.6 is 0 Å². The minimum atomic E-state index is -1.02. The van der Waals surface area contributed by atoms with Crippen LogP contribution in [0.25, 0.3) is 0 Å². The van der Waals surface area contributed by atoms with Gasteiger partial charge in [0.05, 0.1) is 0 Å². The topological polar surface area (TPSA) is 166 Å². The zero-order valence-electron chi connectivity index (χ0n) is 32.8. The van der Waals surface area contributed by atoms with Gasteiger partial charge in [0, 0.05) is 66.1 Å². The zero-order chi connectivity index (χ0) is 37.2. The van der Waals surface area contributed by atoms with E-state index in [9.17, 15) is 9.59 Å². The second-order valence-corrected chi connectivity index (χ2v) is 12.5. The first-order valence-corrected chi connectivity index (χ1v) is 19.3. The number of urea groups is 2. The first-order chi connectivity index (χ1) is 23.6. The Kier molecular flexibility index (Phi) is 33.7. The number of rotatable bonds is 33. The van der Waals surface area contributed by atoms with Crippen molar-refractivity contribution in [3.8, 4) is 0 Å². The van der Waals surface area contributed by atoms with Crippen molar-refractivity contribution in [2.75, 3.05) is 54.2 Å². The molecule has 0 heterocycles. The molecular weight excluding hydrogens is 628 g/mol. The monoisotopic (exact) mass is 707 g/mol. The van der Waals surface area contributed by atoms with E-state index in [1.54, 1.807) is 21.3 Å². The van der Waals surface area contributed by atoms with Crippen molar-refractivity contribution in [2.24, 2.45) is 23.3 Å². The molecule has 0 aliphatic rings. The Morgan fingerprint density at radius 3 is 1.10 bits per heavy atom. The molecule has 294 valence electrons. The standard InChI is InChI=1S/C20H42N2O4.C17H36N2O4/c1-5-9-10-11-12-13-15-18(16-14-17-22-19(21)23)20(24-6-2,25-7-3)26-8-4;1-5-6-7-8-9-10-12-15(13-11-14-19-16(18)20)17(21-2,22-3)23-4/h18H,5-17H2,1-4H3,(H3,21,22,23);15H,5-14H2,1-4H3,(H3,18,19,20). The number of carbonyl (C=O) groups excluding carboxylic acids is 2. The van der Waals surface area contributed by atoms with Gasteiger partial charge < -0.3 is 50.5 Å². The third-order valence-corrected chi connectivity index (χ3v) is 8.76. The van der Waals surface area contributed by atoms with E-state index < -0.39 is 24.0 Å². The van der Waals surface area contributed by atoms with Crippen LogP contribution in [0, 0.1) is 11.8 Å². The molecule has 0 radical (unpaired) electrons. The van der Waals surface area contributed by atoms with Gasteiger partial charge in [-0.3, -0.25) is 0 Å². The van der Waals surface area contributed by atoms with Gasteiger partial charge in [0.1, 0.15) is 0 Å². The maximum absolute atomic E-state index is 10.9. The van der Waals surface area contributed by atoms with Crippen LogP contribution in [-0.4, -0.2) is 78.2 Å². The number of hydrogen-bond acceptors (Lipinski definition) is 8. The van der Waals surface area contributed by atoms with Gasteiger partial charge in [0.15, 0.2) is 0 Å². The van der Waals surface area contributed by atoms with Crippen LogP contribution in [0.4, 0.5) is 9.59 Å². The number of carbonyl (C=O) groups is 2. The van der Waals surface area contributed by atoms with Crippen LogP contribution in [0.5, 0.6) is 0 Å². The van der Waals surface area contributed by atoms with Gasteiger partial charge >= 0.3 is 12.1 Å². The van der Waals surface area contributed by atoms with Gasteiger partial charge in [-0.15, -0.1) is 0 Å². The molecule has 49 heavy (non-hydrogen) atoms. The zero-order valence-corrected chi connectivity index (χ0v) is 32.8. The predicted molar refractivity (Wildman–Crippen MR) is 198 cm³/mol. The van der Waals surface area contributed by atoms with Gasteiger partial charge in [-0.25, -0.2) is 9.59 Å². The number of amides is 4. The number of unbranched alkanes of at least 4 members (excludes halogenated alkanes) is 10. The van der Waals surface area contributed by atoms with Gasteiger partial charge in [0.25, 0.3) is 11.9 Å². The van der Waals surface area contributed by atoms with E-state index in [1.807, 2.05) is 20.8 Å². The fourth-order valence-electron chi connectivity index (χ4n) is 6.29. The minimum Gasteiger partial charge on any atom is -0.352 e. The molecule has 6 N–H and O–H groups in total.